The molecule has 0 bridgehead atoms. The summed E-state index contributed by atoms with van der Waals surface area (Å²) in [6.45, 7) is -0.412. The van der Waals surface area contributed by atoms with Crippen LogP contribution in [0.1, 0.15) is 0 Å². The molecule has 3 N–H and O–H groups in total. The molecular formula is C14H11ClF2N2O2. The molecule has 0 heterocycles. The number of nitrogens with two attached hydrogens (primary N) is 1. The number of anilines is 2. The second-order valence-corrected chi connectivity index (χ2v) is 4.61. The number of carbonyl (C=O) groups is 1. The topological polar surface area (TPSA) is 64.3 Å². The molecule has 21 heavy (non-hydrogen) atoms. The van der Waals surface area contributed by atoms with Gasteiger partial charge in [-0.1, -0.05) is 11.6 Å². The van der Waals surface area contributed by atoms with E-state index in [1.54, 1.807) is 6.07 Å². The standard InChI is InChI=1S/C14H11ClF2N2O2/c15-8-1-2-13(12(18)3-8)19-14(20)7-21-11-5-9(16)4-10(17)6-11/h1-6H,7,18H2,(H,19,20). The summed E-state index contributed by atoms with van der Waals surface area (Å²) in [6, 6.07) is 7.26. The van der Waals surface area contributed by atoms with Gasteiger partial charge in [0.25, 0.3) is 5.91 Å². The molecule has 110 valence electrons. The number of rotatable bonds is 4. The Morgan fingerprint density at radius 1 is 1.19 bits per heavy atom. The highest BCUT2D eigenvalue weighted by Gasteiger charge is 2.08. The summed E-state index contributed by atoms with van der Waals surface area (Å²) in [5, 5.41) is 2.94. The third kappa shape index (κ3) is 4.32. The second kappa shape index (κ2) is 6.41. The summed E-state index contributed by atoms with van der Waals surface area (Å²) in [4.78, 5) is 11.7. The van der Waals surface area contributed by atoms with Crippen molar-refractivity contribution in [2.75, 3.05) is 17.7 Å². The fraction of sp³-hybridized carbons (Fsp3) is 0.0714. The number of halogens is 3. The highest BCUT2D eigenvalue weighted by atomic mass is 35.5. The quantitative estimate of drug-likeness (QED) is 0.852. The molecule has 2 rings (SSSR count). The van der Waals surface area contributed by atoms with Crippen molar-refractivity contribution in [1.29, 1.82) is 0 Å². The molecule has 0 radical (unpaired) electrons. The molecule has 0 aliphatic carbocycles. The Hall–Kier alpha value is -2.34. The number of hydrogen-bond donors (Lipinski definition) is 2. The first-order valence-corrected chi connectivity index (χ1v) is 6.25. The van der Waals surface area contributed by atoms with E-state index in [2.05, 4.69) is 5.32 Å². The first-order valence-electron chi connectivity index (χ1n) is 5.88. The van der Waals surface area contributed by atoms with Gasteiger partial charge >= 0.3 is 0 Å². The summed E-state index contributed by atoms with van der Waals surface area (Å²) in [6.07, 6.45) is 0. The largest absolute Gasteiger partial charge is 0.484 e. The molecule has 2 aromatic carbocycles. The van der Waals surface area contributed by atoms with Crippen molar-refractivity contribution in [3.8, 4) is 5.75 Å². The Labute approximate surface area is 124 Å². The number of nitrogen functional groups attached to an aromatic ring is 1. The Morgan fingerprint density at radius 3 is 2.48 bits per heavy atom. The number of ether oxygens (including phenoxy) is 1. The average molecular weight is 313 g/mol. The zero-order valence-electron chi connectivity index (χ0n) is 10.7. The van der Waals surface area contributed by atoms with Crippen LogP contribution in [0.25, 0.3) is 0 Å². The minimum atomic E-state index is -0.785. The molecule has 0 aromatic heterocycles. The first kappa shape index (κ1) is 15.1. The van der Waals surface area contributed by atoms with Crippen LogP contribution in [0.15, 0.2) is 36.4 Å². The summed E-state index contributed by atoms with van der Waals surface area (Å²) in [7, 11) is 0. The maximum Gasteiger partial charge on any atom is 0.262 e. The van der Waals surface area contributed by atoms with E-state index in [0.29, 0.717) is 22.5 Å². The van der Waals surface area contributed by atoms with Crippen molar-refractivity contribution >= 4 is 28.9 Å². The number of benzene rings is 2. The number of hydrogen-bond acceptors (Lipinski definition) is 3. The van der Waals surface area contributed by atoms with Gasteiger partial charge in [0.15, 0.2) is 6.61 Å². The minimum absolute atomic E-state index is 0.0771. The van der Waals surface area contributed by atoms with E-state index >= 15 is 0 Å². The second-order valence-electron chi connectivity index (χ2n) is 4.17. The van der Waals surface area contributed by atoms with Crippen LogP contribution in [0.4, 0.5) is 20.2 Å². The van der Waals surface area contributed by atoms with Gasteiger partial charge in [0.05, 0.1) is 11.4 Å². The predicted octanol–water partition coefficient (Wildman–Crippen LogP) is 3.22. The van der Waals surface area contributed by atoms with Gasteiger partial charge in [-0.3, -0.25) is 4.79 Å². The molecule has 7 heteroatoms. The van der Waals surface area contributed by atoms with Crippen molar-refractivity contribution < 1.29 is 18.3 Å². The molecule has 0 saturated heterocycles. The van der Waals surface area contributed by atoms with E-state index in [1.807, 2.05) is 0 Å². The lowest BCUT2D eigenvalue weighted by Gasteiger charge is -2.09. The van der Waals surface area contributed by atoms with Crippen molar-refractivity contribution in [1.82, 2.24) is 0 Å². The lowest BCUT2D eigenvalue weighted by Crippen LogP contribution is -2.20. The molecule has 0 atom stereocenters. The van der Waals surface area contributed by atoms with Crippen LogP contribution >= 0.6 is 11.6 Å². The predicted molar refractivity (Wildman–Crippen MR) is 76.3 cm³/mol. The van der Waals surface area contributed by atoms with Crippen LogP contribution in [0.5, 0.6) is 5.75 Å². The van der Waals surface area contributed by atoms with Gasteiger partial charge in [0, 0.05) is 23.2 Å². The van der Waals surface area contributed by atoms with Crippen LogP contribution in [-0.4, -0.2) is 12.5 Å². The zero-order chi connectivity index (χ0) is 15.4. The smallest absolute Gasteiger partial charge is 0.262 e. The fourth-order valence-electron chi connectivity index (χ4n) is 1.59. The summed E-state index contributed by atoms with van der Waals surface area (Å²) in [5.74, 6) is -2.17. The van der Waals surface area contributed by atoms with Crippen LogP contribution in [0.3, 0.4) is 0 Å². The summed E-state index contributed by atoms with van der Waals surface area (Å²) >= 11 is 5.74. The van der Waals surface area contributed by atoms with Crippen molar-refractivity contribution in [3.63, 3.8) is 0 Å². The maximum absolute atomic E-state index is 12.9. The van der Waals surface area contributed by atoms with Gasteiger partial charge in [0.2, 0.25) is 0 Å². The Kier molecular flexibility index (Phi) is 4.59. The van der Waals surface area contributed by atoms with E-state index in [1.165, 1.54) is 12.1 Å². The maximum atomic E-state index is 12.9. The molecule has 2 aromatic rings. The first-order chi connectivity index (χ1) is 9.94. The van der Waals surface area contributed by atoms with Crippen molar-refractivity contribution in [3.05, 3.63) is 53.1 Å². The van der Waals surface area contributed by atoms with Crippen LogP contribution in [-0.2, 0) is 4.79 Å². The molecule has 0 spiro atoms. The number of carbonyl (C=O) groups excluding carboxylic acids is 1. The Bertz CT molecular complexity index is 660. The number of nitrogens with one attached hydrogen (secondary N) is 1. The third-order valence-corrected chi connectivity index (χ3v) is 2.73. The molecule has 1 amide bonds. The number of amides is 1. The minimum Gasteiger partial charge on any atom is -0.484 e. The molecular weight excluding hydrogens is 302 g/mol. The van der Waals surface area contributed by atoms with E-state index < -0.39 is 24.1 Å². The van der Waals surface area contributed by atoms with Crippen LogP contribution < -0.4 is 15.8 Å². The van der Waals surface area contributed by atoms with E-state index in [0.717, 1.165) is 12.1 Å². The Morgan fingerprint density at radius 2 is 1.86 bits per heavy atom. The van der Waals surface area contributed by atoms with Crippen molar-refractivity contribution in [2.45, 2.75) is 0 Å². The van der Waals surface area contributed by atoms with E-state index in [4.69, 9.17) is 22.1 Å². The summed E-state index contributed by atoms with van der Waals surface area (Å²) in [5.41, 5.74) is 6.35. The SMILES string of the molecule is Nc1cc(Cl)ccc1NC(=O)COc1cc(F)cc(F)c1. The van der Waals surface area contributed by atoms with Crippen molar-refractivity contribution in [2.24, 2.45) is 0 Å². The van der Waals surface area contributed by atoms with Gasteiger partial charge < -0.3 is 15.8 Å². The van der Waals surface area contributed by atoms with Gasteiger partial charge in [-0.05, 0) is 18.2 Å². The summed E-state index contributed by atoms with van der Waals surface area (Å²) < 4.78 is 30.9. The monoisotopic (exact) mass is 312 g/mol. The molecule has 0 aliphatic heterocycles. The lowest BCUT2D eigenvalue weighted by molar-refractivity contribution is -0.118. The lowest BCUT2D eigenvalue weighted by atomic mass is 10.2. The van der Waals surface area contributed by atoms with Gasteiger partial charge in [-0.15, -0.1) is 0 Å². The van der Waals surface area contributed by atoms with Gasteiger partial charge in [0.1, 0.15) is 17.4 Å². The molecule has 0 saturated carbocycles. The Balaban J connectivity index is 1.95. The normalized spacial score (nSPS) is 10.2. The van der Waals surface area contributed by atoms with Crippen LogP contribution in [0, 0.1) is 11.6 Å². The zero-order valence-corrected chi connectivity index (χ0v) is 11.5. The molecule has 0 unspecified atom stereocenters. The molecule has 4 nitrogen and oxygen atoms in total. The fourth-order valence-corrected chi connectivity index (χ4v) is 1.77. The highest BCUT2D eigenvalue weighted by Crippen LogP contribution is 2.22. The van der Waals surface area contributed by atoms with E-state index in [9.17, 15) is 13.6 Å². The molecule has 0 aliphatic rings. The molecule has 0 fully saturated rings. The third-order valence-electron chi connectivity index (χ3n) is 2.49. The average Bonchev–Trinajstić information content (AvgIpc) is 2.39. The van der Waals surface area contributed by atoms with E-state index in [-0.39, 0.29) is 5.75 Å². The van der Waals surface area contributed by atoms with Crippen LogP contribution in [0.2, 0.25) is 5.02 Å². The highest BCUT2D eigenvalue weighted by molar-refractivity contribution is 6.31. The van der Waals surface area contributed by atoms with Gasteiger partial charge in [-0.2, -0.15) is 0 Å². The van der Waals surface area contributed by atoms with Gasteiger partial charge in [-0.25, -0.2) is 8.78 Å².